The lowest BCUT2D eigenvalue weighted by Crippen LogP contribution is -2.03. The summed E-state index contributed by atoms with van der Waals surface area (Å²) in [5.74, 6) is 1.01. The number of thioether (sulfide) groups is 1. The van der Waals surface area contributed by atoms with Gasteiger partial charge in [-0.25, -0.2) is 4.39 Å². The molecule has 19 heavy (non-hydrogen) atoms. The number of hydrogen-bond acceptors (Lipinski definition) is 5. The molecule has 102 valence electrons. The Morgan fingerprint density at radius 2 is 2.16 bits per heavy atom. The van der Waals surface area contributed by atoms with Crippen LogP contribution in [-0.4, -0.2) is 32.2 Å². The summed E-state index contributed by atoms with van der Waals surface area (Å²) in [5.41, 5.74) is 0. The van der Waals surface area contributed by atoms with Crippen molar-refractivity contribution in [2.45, 2.75) is 11.8 Å². The van der Waals surface area contributed by atoms with Crippen molar-refractivity contribution in [1.29, 1.82) is 0 Å². The maximum Gasteiger partial charge on any atom is 0.191 e. The van der Waals surface area contributed by atoms with Gasteiger partial charge in [0.05, 0.1) is 6.61 Å². The van der Waals surface area contributed by atoms with Crippen LogP contribution in [0.15, 0.2) is 29.4 Å². The maximum atomic E-state index is 13.3. The number of aromatic nitrogens is 3. The topological polar surface area (TPSA) is 60.2 Å². The number of benzene rings is 1. The molecule has 0 saturated carbocycles. The molecule has 0 spiro atoms. The Kier molecular flexibility index (Phi) is 4.75. The van der Waals surface area contributed by atoms with Crippen LogP contribution in [0.3, 0.4) is 0 Å². The lowest BCUT2D eigenvalue weighted by atomic mass is 10.3. The van der Waals surface area contributed by atoms with Crippen LogP contribution < -0.4 is 4.74 Å². The second kappa shape index (κ2) is 6.53. The molecule has 2 rings (SSSR count). The van der Waals surface area contributed by atoms with Crippen LogP contribution in [0.1, 0.15) is 5.82 Å². The smallest absolute Gasteiger partial charge is 0.191 e. The molecule has 0 aliphatic rings. The number of aliphatic hydroxyl groups is 1. The van der Waals surface area contributed by atoms with E-state index in [1.165, 1.54) is 17.8 Å². The molecule has 1 heterocycles. The van der Waals surface area contributed by atoms with Crippen LogP contribution in [0.4, 0.5) is 4.39 Å². The Morgan fingerprint density at radius 1 is 1.37 bits per heavy atom. The van der Waals surface area contributed by atoms with Crippen molar-refractivity contribution in [2.75, 3.05) is 12.4 Å². The molecule has 0 aliphatic carbocycles. The van der Waals surface area contributed by atoms with Gasteiger partial charge in [0.15, 0.2) is 22.5 Å². The molecule has 0 atom stereocenters. The standard InChI is InChI=1S/C12H14FN3O2S/c1-16-11(8-17)14-15-12(16)19-7-6-18-10-5-3-2-4-9(10)13/h2-5,17H,6-8H2,1H3. The van der Waals surface area contributed by atoms with Crippen molar-refractivity contribution in [2.24, 2.45) is 7.05 Å². The van der Waals surface area contributed by atoms with Crippen molar-refractivity contribution < 1.29 is 14.2 Å². The molecule has 0 unspecified atom stereocenters. The normalized spacial score (nSPS) is 10.7. The van der Waals surface area contributed by atoms with Crippen LogP contribution in [-0.2, 0) is 13.7 Å². The Labute approximate surface area is 114 Å². The monoisotopic (exact) mass is 283 g/mol. The highest BCUT2D eigenvalue weighted by atomic mass is 32.2. The fourth-order valence-corrected chi connectivity index (χ4v) is 2.20. The van der Waals surface area contributed by atoms with Crippen LogP contribution >= 0.6 is 11.8 Å². The van der Waals surface area contributed by atoms with E-state index in [9.17, 15) is 4.39 Å². The summed E-state index contributed by atoms with van der Waals surface area (Å²) < 4.78 is 20.3. The third-order valence-electron chi connectivity index (χ3n) is 2.48. The molecule has 1 aromatic heterocycles. The van der Waals surface area contributed by atoms with Gasteiger partial charge in [-0.1, -0.05) is 23.9 Å². The third kappa shape index (κ3) is 3.45. The zero-order valence-electron chi connectivity index (χ0n) is 10.4. The molecule has 5 nitrogen and oxygen atoms in total. The molecule has 1 aromatic carbocycles. The van der Waals surface area contributed by atoms with Gasteiger partial charge < -0.3 is 14.4 Å². The van der Waals surface area contributed by atoms with Gasteiger partial charge in [-0.2, -0.15) is 0 Å². The fraction of sp³-hybridized carbons (Fsp3) is 0.333. The van der Waals surface area contributed by atoms with Gasteiger partial charge in [0.1, 0.15) is 6.61 Å². The summed E-state index contributed by atoms with van der Waals surface area (Å²) in [6.45, 7) is 0.225. The average Bonchev–Trinajstić information content (AvgIpc) is 2.77. The van der Waals surface area contributed by atoms with E-state index < -0.39 is 0 Å². The minimum absolute atomic E-state index is 0.143. The highest BCUT2D eigenvalue weighted by Crippen LogP contribution is 2.18. The maximum absolute atomic E-state index is 13.3. The molecule has 0 radical (unpaired) electrons. The van der Waals surface area contributed by atoms with E-state index in [-0.39, 0.29) is 18.2 Å². The first-order valence-corrected chi connectivity index (χ1v) is 6.70. The van der Waals surface area contributed by atoms with Crippen molar-refractivity contribution >= 4 is 11.8 Å². The van der Waals surface area contributed by atoms with E-state index in [4.69, 9.17) is 9.84 Å². The number of para-hydroxylation sites is 1. The van der Waals surface area contributed by atoms with Crippen molar-refractivity contribution in [3.05, 3.63) is 35.9 Å². The summed E-state index contributed by atoms with van der Waals surface area (Å²) >= 11 is 1.44. The summed E-state index contributed by atoms with van der Waals surface area (Å²) in [5, 5.41) is 17.4. The van der Waals surface area contributed by atoms with Crippen LogP contribution in [0.5, 0.6) is 5.75 Å². The largest absolute Gasteiger partial charge is 0.490 e. The lowest BCUT2D eigenvalue weighted by molar-refractivity contribution is 0.266. The molecule has 0 fully saturated rings. The molecule has 0 aliphatic heterocycles. The molecular weight excluding hydrogens is 269 g/mol. The highest BCUT2D eigenvalue weighted by Gasteiger charge is 2.08. The Hall–Kier alpha value is -1.60. The first kappa shape index (κ1) is 13.8. The van der Waals surface area contributed by atoms with Gasteiger partial charge in [0.25, 0.3) is 0 Å². The zero-order valence-corrected chi connectivity index (χ0v) is 11.2. The fourth-order valence-electron chi connectivity index (χ4n) is 1.45. The van der Waals surface area contributed by atoms with Gasteiger partial charge in [0.2, 0.25) is 0 Å². The van der Waals surface area contributed by atoms with Crippen molar-refractivity contribution in [1.82, 2.24) is 14.8 Å². The SMILES string of the molecule is Cn1c(CO)nnc1SCCOc1ccccc1F. The Morgan fingerprint density at radius 3 is 2.84 bits per heavy atom. The number of rotatable bonds is 6. The Bertz CT molecular complexity index is 548. The molecule has 7 heteroatoms. The van der Waals surface area contributed by atoms with Gasteiger partial charge >= 0.3 is 0 Å². The number of hydrogen-bond donors (Lipinski definition) is 1. The molecular formula is C12H14FN3O2S. The van der Waals surface area contributed by atoms with E-state index in [1.54, 1.807) is 29.8 Å². The van der Waals surface area contributed by atoms with E-state index >= 15 is 0 Å². The van der Waals surface area contributed by atoms with Crippen LogP contribution in [0.25, 0.3) is 0 Å². The van der Waals surface area contributed by atoms with E-state index in [0.717, 1.165) is 0 Å². The summed E-state index contributed by atoms with van der Waals surface area (Å²) in [7, 11) is 1.78. The first-order valence-electron chi connectivity index (χ1n) is 5.71. The minimum Gasteiger partial charge on any atom is -0.490 e. The second-order valence-electron chi connectivity index (χ2n) is 3.74. The lowest BCUT2D eigenvalue weighted by Gasteiger charge is -2.06. The van der Waals surface area contributed by atoms with Crippen molar-refractivity contribution in [3.63, 3.8) is 0 Å². The summed E-state index contributed by atoms with van der Waals surface area (Å²) in [4.78, 5) is 0. The Balaban J connectivity index is 1.81. The summed E-state index contributed by atoms with van der Waals surface area (Å²) in [6, 6.07) is 6.29. The molecule has 0 amide bonds. The molecule has 0 bridgehead atoms. The third-order valence-corrected chi connectivity index (χ3v) is 3.46. The van der Waals surface area contributed by atoms with E-state index in [2.05, 4.69) is 10.2 Å². The van der Waals surface area contributed by atoms with Crippen LogP contribution in [0.2, 0.25) is 0 Å². The molecule has 1 N–H and O–H groups in total. The molecule has 2 aromatic rings. The van der Waals surface area contributed by atoms with Crippen molar-refractivity contribution in [3.8, 4) is 5.75 Å². The highest BCUT2D eigenvalue weighted by molar-refractivity contribution is 7.99. The van der Waals surface area contributed by atoms with Crippen LogP contribution in [0, 0.1) is 5.82 Å². The second-order valence-corrected chi connectivity index (χ2v) is 4.81. The zero-order chi connectivity index (χ0) is 13.7. The number of aliphatic hydroxyl groups excluding tert-OH is 1. The minimum atomic E-state index is -0.367. The van der Waals surface area contributed by atoms with Gasteiger partial charge in [-0.05, 0) is 12.1 Å². The van der Waals surface area contributed by atoms with E-state index in [0.29, 0.717) is 23.3 Å². The predicted molar refractivity (Wildman–Crippen MR) is 69.5 cm³/mol. The van der Waals surface area contributed by atoms with E-state index in [1.807, 2.05) is 0 Å². The summed E-state index contributed by atoms with van der Waals surface area (Å²) in [6.07, 6.45) is 0. The number of nitrogens with zero attached hydrogens (tertiary/aromatic N) is 3. The van der Waals surface area contributed by atoms with Gasteiger partial charge in [-0.15, -0.1) is 10.2 Å². The number of halogens is 1. The van der Waals surface area contributed by atoms with Gasteiger partial charge in [0, 0.05) is 12.8 Å². The quantitative estimate of drug-likeness (QED) is 0.645. The molecule has 0 saturated heterocycles. The first-order chi connectivity index (χ1) is 9.22. The average molecular weight is 283 g/mol. The number of ether oxygens (including phenoxy) is 1. The van der Waals surface area contributed by atoms with Gasteiger partial charge in [-0.3, -0.25) is 0 Å². The predicted octanol–water partition coefficient (Wildman–Crippen LogP) is 1.62.